The molecule has 1 aliphatic rings. The third-order valence-electron chi connectivity index (χ3n) is 9.63. The molecule has 2 nitrogen and oxygen atoms in total. The standard InChI is InChI=1S/C42H28N2S/c1-4-13-37-31(8-1)35-24-27(18-22-38(35)43-37)28-19-23-40-36(25-28)32-9-2-5-14-39(32)44(40)29-20-16-26(17-21-29)30-11-7-12-34-33-10-3-6-15-41(33)45-42(30)34/h1-2,4-9,11-25,43H,3,10H2. The van der Waals surface area contributed by atoms with Crippen LogP contribution in [-0.4, -0.2) is 9.55 Å². The molecule has 3 heterocycles. The number of hydrogen-bond donors (Lipinski definition) is 1. The molecule has 0 amide bonds. The summed E-state index contributed by atoms with van der Waals surface area (Å²) in [5.74, 6) is 0. The Kier molecular flexibility index (Phi) is 5.31. The average molecular weight is 593 g/mol. The highest BCUT2D eigenvalue weighted by Gasteiger charge is 2.17. The van der Waals surface area contributed by atoms with E-state index in [2.05, 4.69) is 149 Å². The van der Waals surface area contributed by atoms with Crippen molar-refractivity contribution in [3.8, 4) is 27.9 Å². The van der Waals surface area contributed by atoms with Gasteiger partial charge in [-0.05, 0) is 101 Å². The molecule has 3 heteroatoms. The number of rotatable bonds is 3. The molecule has 0 fully saturated rings. The second-order valence-corrected chi connectivity index (χ2v) is 13.2. The van der Waals surface area contributed by atoms with E-state index in [-0.39, 0.29) is 0 Å². The van der Waals surface area contributed by atoms with Crippen molar-refractivity contribution in [1.29, 1.82) is 0 Å². The molecule has 0 spiro atoms. The van der Waals surface area contributed by atoms with Crippen molar-refractivity contribution in [3.05, 3.63) is 144 Å². The molecule has 1 N–H and O–H groups in total. The van der Waals surface area contributed by atoms with E-state index in [1.54, 1.807) is 0 Å². The Balaban J connectivity index is 1.09. The highest BCUT2D eigenvalue weighted by atomic mass is 32.1. The molecule has 9 aromatic rings. The van der Waals surface area contributed by atoms with E-state index in [1.165, 1.54) is 92.1 Å². The van der Waals surface area contributed by atoms with Gasteiger partial charge in [-0.3, -0.25) is 0 Å². The molecule has 0 radical (unpaired) electrons. The number of benzene rings is 6. The largest absolute Gasteiger partial charge is 0.355 e. The maximum atomic E-state index is 3.56. The fourth-order valence-electron chi connectivity index (χ4n) is 7.48. The number of nitrogens with zero attached hydrogens (tertiary/aromatic N) is 1. The lowest BCUT2D eigenvalue weighted by Crippen LogP contribution is -1.93. The minimum absolute atomic E-state index is 1.14. The molecule has 0 saturated heterocycles. The van der Waals surface area contributed by atoms with Crippen molar-refractivity contribution in [2.24, 2.45) is 0 Å². The van der Waals surface area contributed by atoms with Crippen LogP contribution in [0.4, 0.5) is 0 Å². The first-order chi connectivity index (χ1) is 22.3. The van der Waals surface area contributed by atoms with Gasteiger partial charge in [0.25, 0.3) is 0 Å². The Labute approximate surface area is 264 Å². The first-order valence-corrected chi connectivity index (χ1v) is 16.5. The van der Waals surface area contributed by atoms with Crippen molar-refractivity contribution in [2.45, 2.75) is 12.8 Å². The number of aryl methyl sites for hydroxylation is 1. The lowest BCUT2D eigenvalue weighted by molar-refractivity contribution is 1.01. The lowest BCUT2D eigenvalue weighted by atomic mass is 9.98. The molecule has 0 atom stereocenters. The van der Waals surface area contributed by atoms with Crippen molar-refractivity contribution in [2.75, 3.05) is 0 Å². The van der Waals surface area contributed by atoms with Gasteiger partial charge < -0.3 is 9.55 Å². The van der Waals surface area contributed by atoms with Gasteiger partial charge in [0, 0.05) is 47.8 Å². The average Bonchev–Trinajstić information content (AvgIpc) is 3.77. The van der Waals surface area contributed by atoms with Crippen LogP contribution in [0.2, 0.25) is 0 Å². The number of thiophene rings is 1. The Morgan fingerprint density at radius 1 is 0.556 bits per heavy atom. The van der Waals surface area contributed by atoms with Crippen LogP contribution in [0.25, 0.3) is 87.7 Å². The van der Waals surface area contributed by atoms with Crippen LogP contribution in [0.5, 0.6) is 0 Å². The van der Waals surface area contributed by atoms with Gasteiger partial charge in [0.2, 0.25) is 0 Å². The summed E-state index contributed by atoms with van der Waals surface area (Å²) in [6.07, 6.45) is 6.90. The summed E-state index contributed by atoms with van der Waals surface area (Å²) in [6, 6.07) is 47.0. The Bertz CT molecular complexity index is 2640. The normalized spacial score (nSPS) is 13.1. The van der Waals surface area contributed by atoms with Crippen molar-refractivity contribution < 1.29 is 0 Å². The Morgan fingerprint density at radius 2 is 1.27 bits per heavy atom. The molecular formula is C42H28N2S. The van der Waals surface area contributed by atoms with Crippen LogP contribution in [-0.2, 0) is 6.42 Å². The molecule has 45 heavy (non-hydrogen) atoms. The van der Waals surface area contributed by atoms with Crippen LogP contribution < -0.4 is 0 Å². The van der Waals surface area contributed by atoms with Gasteiger partial charge in [0.05, 0.1) is 11.0 Å². The van der Waals surface area contributed by atoms with E-state index in [1.807, 2.05) is 11.3 Å². The number of para-hydroxylation sites is 2. The molecule has 6 aromatic carbocycles. The molecule has 212 valence electrons. The zero-order valence-electron chi connectivity index (χ0n) is 24.5. The highest BCUT2D eigenvalue weighted by Crippen LogP contribution is 2.42. The summed E-state index contributed by atoms with van der Waals surface area (Å²) in [7, 11) is 0. The summed E-state index contributed by atoms with van der Waals surface area (Å²) in [5, 5.41) is 6.49. The zero-order chi connectivity index (χ0) is 29.5. The molecule has 0 aliphatic heterocycles. The maximum absolute atomic E-state index is 3.56. The third kappa shape index (κ3) is 3.74. The zero-order valence-corrected chi connectivity index (χ0v) is 25.4. The van der Waals surface area contributed by atoms with Gasteiger partial charge in [-0.2, -0.15) is 0 Å². The second kappa shape index (κ2) is 9.56. The lowest BCUT2D eigenvalue weighted by Gasteiger charge is -2.10. The van der Waals surface area contributed by atoms with Crippen LogP contribution in [0, 0.1) is 0 Å². The number of H-pyrrole nitrogens is 1. The van der Waals surface area contributed by atoms with Crippen molar-refractivity contribution in [1.82, 2.24) is 9.55 Å². The number of aromatic nitrogens is 2. The molecule has 1 aliphatic carbocycles. The molecule has 0 unspecified atom stereocenters. The molecule has 10 rings (SSSR count). The van der Waals surface area contributed by atoms with E-state index in [4.69, 9.17) is 0 Å². The maximum Gasteiger partial charge on any atom is 0.0541 e. The topological polar surface area (TPSA) is 20.7 Å². The van der Waals surface area contributed by atoms with Gasteiger partial charge in [0.1, 0.15) is 0 Å². The summed E-state index contributed by atoms with van der Waals surface area (Å²) in [6.45, 7) is 0. The molecular weight excluding hydrogens is 565 g/mol. The summed E-state index contributed by atoms with van der Waals surface area (Å²) in [4.78, 5) is 4.98. The van der Waals surface area contributed by atoms with Crippen molar-refractivity contribution >= 4 is 71.1 Å². The Hall–Kier alpha value is -5.38. The first kappa shape index (κ1) is 25.0. The number of nitrogens with one attached hydrogen (secondary N) is 1. The fraction of sp³-hybridized carbons (Fsp3) is 0.0476. The monoisotopic (exact) mass is 592 g/mol. The van der Waals surface area contributed by atoms with E-state index in [0.717, 1.165) is 12.8 Å². The van der Waals surface area contributed by atoms with Crippen molar-refractivity contribution in [3.63, 3.8) is 0 Å². The van der Waals surface area contributed by atoms with Gasteiger partial charge >= 0.3 is 0 Å². The van der Waals surface area contributed by atoms with E-state index < -0.39 is 0 Å². The minimum atomic E-state index is 1.14. The van der Waals surface area contributed by atoms with Gasteiger partial charge in [-0.25, -0.2) is 0 Å². The molecule has 0 bridgehead atoms. The molecule has 0 saturated carbocycles. The molecule has 3 aromatic heterocycles. The van der Waals surface area contributed by atoms with Crippen LogP contribution in [0.1, 0.15) is 16.9 Å². The summed E-state index contributed by atoms with van der Waals surface area (Å²) in [5.41, 5.74) is 12.6. The van der Waals surface area contributed by atoms with Gasteiger partial charge in [-0.15, -0.1) is 11.3 Å². The van der Waals surface area contributed by atoms with E-state index >= 15 is 0 Å². The second-order valence-electron chi connectivity index (χ2n) is 12.1. The number of aromatic amines is 1. The van der Waals surface area contributed by atoms with E-state index in [0.29, 0.717) is 0 Å². The number of fused-ring (bicyclic) bond motifs is 9. The van der Waals surface area contributed by atoms with Crippen LogP contribution in [0.3, 0.4) is 0 Å². The predicted octanol–water partition coefficient (Wildman–Crippen LogP) is 11.9. The van der Waals surface area contributed by atoms with Gasteiger partial charge in [0.15, 0.2) is 0 Å². The smallest absolute Gasteiger partial charge is 0.0541 e. The SMILES string of the molecule is C1=Cc2sc3c(-c4ccc(-n5c6ccccc6c6cc(-c7ccc8[nH]c9ccccc9c8c7)ccc65)cc4)cccc3c2CC1. The van der Waals surface area contributed by atoms with Gasteiger partial charge in [-0.1, -0.05) is 84.9 Å². The number of allylic oxidation sites excluding steroid dienone is 1. The predicted molar refractivity (Wildman–Crippen MR) is 194 cm³/mol. The minimum Gasteiger partial charge on any atom is -0.355 e. The van der Waals surface area contributed by atoms with E-state index in [9.17, 15) is 0 Å². The fourth-order valence-corrected chi connectivity index (χ4v) is 8.79. The number of hydrogen-bond acceptors (Lipinski definition) is 1. The summed E-state index contributed by atoms with van der Waals surface area (Å²) >= 11 is 1.93. The quantitative estimate of drug-likeness (QED) is 0.211. The first-order valence-electron chi connectivity index (χ1n) is 15.7. The Morgan fingerprint density at radius 3 is 2.18 bits per heavy atom. The third-order valence-corrected chi connectivity index (χ3v) is 10.9. The van der Waals surface area contributed by atoms with Crippen LogP contribution >= 0.6 is 11.3 Å². The summed E-state index contributed by atoms with van der Waals surface area (Å²) < 4.78 is 3.81. The highest BCUT2D eigenvalue weighted by molar-refractivity contribution is 7.20. The van der Waals surface area contributed by atoms with Crippen LogP contribution in [0.15, 0.2) is 133 Å².